The van der Waals surface area contributed by atoms with Crippen molar-refractivity contribution in [3.63, 3.8) is 0 Å². The molecule has 0 saturated carbocycles. The quantitative estimate of drug-likeness (QED) is 0.483. The van der Waals surface area contributed by atoms with Crippen molar-refractivity contribution in [2.24, 2.45) is 0 Å². The van der Waals surface area contributed by atoms with Crippen LogP contribution in [0.2, 0.25) is 5.02 Å². The van der Waals surface area contributed by atoms with E-state index < -0.39 is 5.97 Å². The zero-order valence-electron chi connectivity index (χ0n) is 16.0. The number of carbonyl (C=O) groups is 1. The van der Waals surface area contributed by atoms with Crippen LogP contribution in [0.15, 0.2) is 66.7 Å². The molecule has 0 fully saturated rings. The molecule has 0 saturated heterocycles. The zero-order valence-corrected chi connectivity index (χ0v) is 16.8. The van der Waals surface area contributed by atoms with Crippen LogP contribution in [0.5, 0.6) is 23.0 Å². The fourth-order valence-corrected chi connectivity index (χ4v) is 3.11. The van der Waals surface area contributed by atoms with E-state index in [1.807, 2.05) is 30.3 Å². The van der Waals surface area contributed by atoms with E-state index in [-0.39, 0.29) is 20.0 Å². The first-order chi connectivity index (χ1) is 14.7. The lowest BCUT2D eigenvalue weighted by Crippen LogP contribution is -2.14. The number of benzene rings is 3. The van der Waals surface area contributed by atoms with Gasteiger partial charge in [-0.05, 0) is 47.5 Å². The predicted octanol–water partition coefficient (Wildman–Crippen LogP) is 4.77. The highest BCUT2D eigenvalue weighted by molar-refractivity contribution is 6.32. The van der Waals surface area contributed by atoms with Crippen molar-refractivity contribution in [2.75, 3.05) is 13.4 Å². The Kier molecular flexibility index (Phi) is 6.25. The lowest BCUT2D eigenvalue weighted by molar-refractivity contribution is -0.147. The summed E-state index contributed by atoms with van der Waals surface area (Å²) in [4.78, 5) is 12.0. The average molecular weight is 427 g/mol. The molecule has 0 bridgehead atoms. The van der Waals surface area contributed by atoms with Gasteiger partial charge in [0.2, 0.25) is 6.79 Å². The fraction of sp³-hybridized carbons (Fsp3) is 0.174. The molecule has 0 spiro atoms. The molecule has 4 rings (SSSR count). The minimum atomic E-state index is -0.492. The first-order valence-corrected chi connectivity index (χ1v) is 9.68. The molecule has 1 aliphatic rings. The molecule has 0 atom stereocenters. The highest BCUT2D eigenvalue weighted by atomic mass is 35.5. The Morgan fingerprint density at radius 3 is 2.37 bits per heavy atom. The smallest absolute Gasteiger partial charge is 0.344 e. The minimum absolute atomic E-state index is 0.0603. The van der Waals surface area contributed by atoms with Gasteiger partial charge in [-0.1, -0.05) is 41.9 Å². The summed E-state index contributed by atoms with van der Waals surface area (Å²) in [7, 11) is 0. The van der Waals surface area contributed by atoms with E-state index in [1.165, 1.54) is 0 Å². The maximum Gasteiger partial charge on any atom is 0.344 e. The Bertz CT molecular complexity index is 1000. The summed E-state index contributed by atoms with van der Waals surface area (Å²) in [6.07, 6.45) is 0. The topological polar surface area (TPSA) is 63.2 Å². The number of fused-ring (bicyclic) bond motifs is 1. The van der Waals surface area contributed by atoms with Gasteiger partial charge in [0.05, 0.1) is 5.02 Å². The van der Waals surface area contributed by atoms with E-state index in [9.17, 15) is 4.79 Å². The molecule has 3 aromatic rings. The second-order valence-electron chi connectivity index (χ2n) is 6.51. The molecule has 154 valence electrons. The molecule has 0 radical (unpaired) electrons. The number of hydrogen-bond acceptors (Lipinski definition) is 6. The highest BCUT2D eigenvalue weighted by Crippen LogP contribution is 2.39. The van der Waals surface area contributed by atoms with Gasteiger partial charge >= 0.3 is 5.97 Å². The van der Waals surface area contributed by atoms with Crippen molar-refractivity contribution >= 4 is 17.6 Å². The maximum atomic E-state index is 12.0. The molecule has 0 aliphatic carbocycles. The van der Waals surface area contributed by atoms with Crippen molar-refractivity contribution in [3.8, 4) is 23.0 Å². The van der Waals surface area contributed by atoms with Gasteiger partial charge < -0.3 is 23.7 Å². The van der Waals surface area contributed by atoms with Gasteiger partial charge in [-0.3, -0.25) is 0 Å². The molecule has 6 nitrogen and oxygen atoms in total. The SMILES string of the molecule is O=C(COc1ccc(OCc2ccccc2)cc1)OCc1cc(Cl)c2c(c1)OCO2. The molecular formula is C23H19ClO6. The third-order valence-corrected chi connectivity index (χ3v) is 4.60. The Hall–Kier alpha value is -3.38. The van der Waals surface area contributed by atoms with Crippen LogP contribution in [0.1, 0.15) is 11.1 Å². The molecule has 7 heteroatoms. The van der Waals surface area contributed by atoms with Crippen molar-refractivity contribution in [3.05, 3.63) is 82.9 Å². The third-order valence-electron chi connectivity index (χ3n) is 4.32. The van der Waals surface area contributed by atoms with Crippen LogP contribution in [0.3, 0.4) is 0 Å². The monoisotopic (exact) mass is 426 g/mol. The van der Waals surface area contributed by atoms with Crippen molar-refractivity contribution in [1.82, 2.24) is 0 Å². The average Bonchev–Trinajstić information content (AvgIpc) is 3.26. The zero-order chi connectivity index (χ0) is 20.8. The molecule has 3 aromatic carbocycles. The number of carbonyl (C=O) groups excluding carboxylic acids is 1. The number of esters is 1. The number of halogens is 1. The normalized spacial score (nSPS) is 11.8. The molecule has 30 heavy (non-hydrogen) atoms. The maximum absolute atomic E-state index is 12.0. The summed E-state index contributed by atoms with van der Waals surface area (Å²) in [5.41, 5.74) is 1.79. The number of ether oxygens (including phenoxy) is 5. The molecule has 0 N–H and O–H groups in total. The van der Waals surface area contributed by atoms with Crippen LogP contribution in [-0.2, 0) is 22.7 Å². The van der Waals surface area contributed by atoms with Crippen molar-refractivity contribution < 1.29 is 28.5 Å². The molecule has 0 amide bonds. The van der Waals surface area contributed by atoms with Crippen LogP contribution in [0.4, 0.5) is 0 Å². The summed E-state index contributed by atoms with van der Waals surface area (Å²) in [5.74, 6) is 1.82. The number of rotatable bonds is 8. The van der Waals surface area contributed by atoms with Crippen LogP contribution in [0, 0.1) is 0 Å². The Morgan fingerprint density at radius 1 is 0.867 bits per heavy atom. The van der Waals surface area contributed by atoms with Crippen molar-refractivity contribution in [2.45, 2.75) is 13.2 Å². The summed E-state index contributed by atoms with van der Waals surface area (Å²) < 4.78 is 27.0. The minimum Gasteiger partial charge on any atom is -0.489 e. The molecule has 0 unspecified atom stereocenters. The van der Waals surface area contributed by atoms with Gasteiger partial charge in [-0.2, -0.15) is 0 Å². The molecular weight excluding hydrogens is 408 g/mol. The van der Waals surface area contributed by atoms with Gasteiger partial charge in [0, 0.05) is 0 Å². The Morgan fingerprint density at radius 2 is 1.60 bits per heavy atom. The van der Waals surface area contributed by atoms with Crippen LogP contribution >= 0.6 is 11.6 Å². The van der Waals surface area contributed by atoms with E-state index in [0.29, 0.717) is 40.2 Å². The van der Waals surface area contributed by atoms with Crippen LogP contribution < -0.4 is 18.9 Å². The van der Waals surface area contributed by atoms with Gasteiger partial charge in [-0.25, -0.2) is 4.79 Å². The van der Waals surface area contributed by atoms with E-state index in [1.54, 1.807) is 36.4 Å². The van der Waals surface area contributed by atoms with E-state index in [2.05, 4.69) is 0 Å². The Labute approximate surface area is 178 Å². The second-order valence-corrected chi connectivity index (χ2v) is 6.91. The largest absolute Gasteiger partial charge is 0.489 e. The van der Waals surface area contributed by atoms with Gasteiger partial charge in [0.1, 0.15) is 24.7 Å². The van der Waals surface area contributed by atoms with Gasteiger partial charge in [0.15, 0.2) is 18.1 Å². The standard InChI is InChI=1S/C23H19ClO6/c24-20-10-17(11-21-23(20)30-15-29-21)13-28-22(25)14-27-19-8-6-18(7-9-19)26-12-16-4-2-1-3-5-16/h1-11H,12-15H2. The summed E-state index contributed by atoms with van der Waals surface area (Å²) in [6.45, 7) is 0.465. The first-order valence-electron chi connectivity index (χ1n) is 9.30. The molecule has 0 aromatic heterocycles. The van der Waals surface area contributed by atoms with Gasteiger partial charge in [-0.15, -0.1) is 0 Å². The molecule has 1 aliphatic heterocycles. The summed E-state index contributed by atoms with van der Waals surface area (Å²) >= 11 is 6.12. The molecule has 1 heterocycles. The van der Waals surface area contributed by atoms with Crippen LogP contribution in [-0.4, -0.2) is 19.4 Å². The van der Waals surface area contributed by atoms with E-state index in [0.717, 1.165) is 5.56 Å². The summed E-state index contributed by atoms with van der Waals surface area (Å²) in [5, 5.41) is 0.418. The van der Waals surface area contributed by atoms with E-state index in [4.69, 9.17) is 35.3 Å². The first kappa shape index (κ1) is 19.9. The second kappa shape index (κ2) is 9.41. The fourth-order valence-electron chi connectivity index (χ4n) is 2.82. The highest BCUT2D eigenvalue weighted by Gasteiger charge is 2.18. The summed E-state index contributed by atoms with van der Waals surface area (Å²) in [6, 6.07) is 20.4. The Balaban J connectivity index is 1.22. The third kappa shape index (κ3) is 5.15. The number of hydrogen-bond donors (Lipinski definition) is 0. The lowest BCUT2D eigenvalue weighted by atomic mass is 10.2. The lowest BCUT2D eigenvalue weighted by Gasteiger charge is -2.10. The van der Waals surface area contributed by atoms with Gasteiger partial charge in [0.25, 0.3) is 0 Å². The van der Waals surface area contributed by atoms with Crippen molar-refractivity contribution in [1.29, 1.82) is 0 Å². The van der Waals surface area contributed by atoms with Crippen LogP contribution in [0.25, 0.3) is 0 Å². The predicted molar refractivity (Wildman–Crippen MR) is 110 cm³/mol. The van der Waals surface area contributed by atoms with E-state index >= 15 is 0 Å².